The van der Waals surface area contributed by atoms with Crippen molar-refractivity contribution >= 4 is 11.8 Å². The summed E-state index contributed by atoms with van der Waals surface area (Å²) in [5, 5.41) is 4.38. The highest BCUT2D eigenvalue weighted by molar-refractivity contribution is 7.99. The third-order valence-corrected chi connectivity index (χ3v) is 4.59. The number of hydrogen-bond donors (Lipinski definition) is 1. The van der Waals surface area contributed by atoms with Crippen LogP contribution >= 0.6 is 11.8 Å². The number of oxazole rings is 1. The van der Waals surface area contributed by atoms with E-state index in [4.69, 9.17) is 4.42 Å². The van der Waals surface area contributed by atoms with Crippen molar-refractivity contribution in [1.29, 1.82) is 0 Å². The van der Waals surface area contributed by atoms with Gasteiger partial charge in [-0.05, 0) is 25.5 Å². The molecule has 1 N–H and O–H groups in total. The van der Waals surface area contributed by atoms with Crippen LogP contribution in [0.15, 0.2) is 10.6 Å². The summed E-state index contributed by atoms with van der Waals surface area (Å²) in [5.41, 5.74) is 0. The second-order valence-corrected chi connectivity index (χ2v) is 6.15. The molecule has 0 saturated heterocycles. The first-order valence-electron chi connectivity index (χ1n) is 6.56. The second kappa shape index (κ2) is 6.45. The highest BCUT2D eigenvalue weighted by Gasteiger charge is 2.24. The third kappa shape index (κ3) is 3.75. The van der Waals surface area contributed by atoms with Gasteiger partial charge in [-0.2, -0.15) is 11.8 Å². The molecule has 4 heteroatoms. The molecule has 2 atom stereocenters. The number of aryl methyl sites for hydroxylation is 1. The quantitative estimate of drug-likeness (QED) is 0.876. The van der Waals surface area contributed by atoms with Crippen molar-refractivity contribution in [3.63, 3.8) is 0 Å². The Morgan fingerprint density at radius 3 is 3.00 bits per heavy atom. The van der Waals surface area contributed by atoms with Gasteiger partial charge in [0.1, 0.15) is 5.76 Å². The largest absolute Gasteiger partial charge is 0.445 e. The lowest BCUT2D eigenvalue weighted by Gasteiger charge is -2.31. The minimum Gasteiger partial charge on any atom is -0.445 e. The molecule has 1 heterocycles. The zero-order valence-corrected chi connectivity index (χ0v) is 11.6. The molecule has 3 nitrogen and oxygen atoms in total. The number of hydrogen-bond acceptors (Lipinski definition) is 4. The normalized spacial score (nSPS) is 25.1. The molecule has 96 valence electrons. The van der Waals surface area contributed by atoms with Gasteiger partial charge in [-0.3, -0.25) is 0 Å². The maximum absolute atomic E-state index is 5.49. The predicted octanol–water partition coefficient (Wildman–Crippen LogP) is 3.14. The van der Waals surface area contributed by atoms with Crippen molar-refractivity contribution in [2.75, 3.05) is 5.75 Å². The summed E-state index contributed by atoms with van der Waals surface area (Å²) in [6.45, 7) is 4.94. The third-order valence-electron chi connectivity index (χ3n) is 3.27. The average Bonchev–Trinajstić information content (AvgIpc) is 2.74. The Bertz CT molecular complexity index is 338. The van der Waals surface area contributed by atoms with Crippen molar-refractivity contribution in [2.45, 2.75) is 57.4 Å². The fraction of sp³-hybridized carbons (Fsp3) is 0.769. The van der Waals surface area contributed by atoms with Crippen LogP contribution in [0, 0.1) is 6.92 Å². The van der Waals surface area contributed by atoms with Gasteiger partial charge < -0.3 is 9.73 Å². The summed E-state index contributed by atoms with van der Waals surface area (Å²) >= 11 is 2.09. The van der Waals surface area contributed by atoms with Crippen molar-refractivity contribution in [3.8, 4) is 0 Å². The molecule has 0 radical (unpaired) electrons. The minimum atomic E-state index is 0.626. The van der Waals surface area contributed by atoms with Gasteiger partial charge >= 0.3 is 0 Å². The number of nitrogens with one attached hydrogen (secondary N) is 1. The highest BCUT2D eigenvalue weighted by atomic mass is 32.2. The van der Waals surface area contributed by atoms with Gasteiger partial charge in [-0.15, -0.1) is 0 Å². The first kappa shape index (κ1) is 13.0. The zero-order valence-electron chi connectivity index (χ0n) is 10.7. The molecule has 0 amide bonds. The molecule has 0 unspecified atom stereocenters. The Hall–Kier alpha value is -0.480. The maximum Gasteiger partial charge on any atom is 0.208 e. The molecule has 1 aromatic rings. The van der Waals surface area contributed by atoms with Crippen LogP contribution in [0.1, 0.15) is 44.3 Å². The van der Waals surface area contributed by atoms with E-state index >= 15 is 0 Å². The number of aromatic nitrogens is 1. The van der Waals surface area contributed by atoms with Crippen molar-refractivity contribution in [1.82, 2.24) is 10.3 Å². The van der Waals surface area contributed by atoms with Gasteiger partial charge in [0.2, 0.25) is 5.89 Å². The van der Waals surface area contributed by atoms with Crippen LogP contribution < -0.4 is 5.32 Å². The molecule has 2 rings (SSSR count). The minimum absolute atomic E-state index is 0.626. The topological polar surface area (TPSA) is 38.1 Å². The summed E-state index contributed by atoms with van der Waals surface area (Å²) in [6.07, 6.45) is 7.16. The van der Waals surface area contributed by atoms with Gasteiger partial charge in [0.25, 0.3) is 0 Å². The Balaban J connectivity index is 1.83. The number of thioether (sulfide) groups is 1. The molecule has 1 saturated carbocycles. The van der Waals surface area contributed by atoms with Crippen LogP contribution in [0.25, 0.3) is 0 Å². The second-order valence-electron chi connectivity index (χ2n) is 4.63. The SMILES string of the molecule is CCS[C@H]1CCCC[C@H]1NCc1ncc(C)o1. The zero-order chi connectivity index (χ0) is 12.1. The van der Waals surface area contributed by atoms with Gasteiger partial charge in [0.15, 0.2) is 0 Å². The Morgan fingerprint density at radius 2 is 2.29 bits per heavy atom. The number of nitrogens with zero attached hydrogens (tertiary/aromatic N) is 1. The molecule has 0 aromatic carbocycles. The van der Waals surface area contributed by atoms with E-state index in [0.29, 0.717) is 6.04 Å². The van der Waals surface area contributed by atoms with Crippen LogP contribution in [0.3, 0.4) is 0 Å². The van der Waals surface area contributed by atoms with Crippen molar-refractivity contribution in [3.05, 3.63) is 17.8 Å². The highest BCUT2D eigenvalue weighted by Crippen LogP contribution is 2.28. The van der Waals surface area contributed by atoms with Crippen LogP contribution in [-0.2, 0) is 6.54 Å². The van der Waals surface area contributed by atoms with Crippen LogP contribution in [0.5, 0.6) is 0 Å². The lowest BCUT2D eigenvalue weighted by atomic mass is 9.95. The van der Waals surface area contributed by atoms with Gasteiger partial charge in [-0.25, -0.2) is 4.98 Å². The standard InChI is InChI=1S/C13H22N2OS/c1-3-17-12-7-5-4-6-11(12)14-9-13-15-8-10(2)16-13/h8,11-12,14H,3-7,9H2,1-2H3/t11-,12+/m1/s1. The average molecular weight is 254 g/mol. The summed E-state index contributed by atoms with van der Waals surface area (Å²) in [6, 6.07) is 0.626. The van der Waals surface area contributed by atoms with Crippen molar-refractivity contribution in [2.24, 2.45) is 0 Å². The van der Waals surface area contributed by atoms with Crippen molar-refractivity contribution < 1.29 is 4.42 Å². The Kier molecular flexibility index (Phi) is 4.92. The van der Waals surface area contributed by atoms with E-state index in [2.05, 4.69) is 29.0 Å². The monoisotopic (exact) mass is 254 g/mol. The maximum atomic E-state index is 5.49. The first-order chi connectivity index (χ1) is 8.29. The molecule has 17 heavy (non-hydrogen) atoms. The molecule has 1 aromatic heterocycles. The van der Waals surface area contributed by atoms with E-state index < -0.39 is 0 Å². The van der Waals surface area contributed by atoms with Gasteiger partial charge in [-0.1, -0.05) is 19.8 Å². The van der Waals surface area contributed by atoms with Gasteiger partial charge in [0.05, 0.1) is 12.7 Å². The van der Waals surface area contributed by atoms with Crippen LogP contribution in [0.2, 0.25) is 0 Å². The fourth-order valence-corrected chi connectivity index (χ4v) is 3.67. The molecule has 1 aliphatic rings. The molecular formula is C13H22N2OS. The van der Waals surface area contributed by atoms with E-state index in [1.165, 1.54) is 31.4 Å². The lowest BCUT2D eigenvalue weighted by molar-refractivity contribution is 0.358. The number of rotatable bonds is 5. The van der Waals surface area contributed by atoms with E-state index in [0.717, 1.165) is 23.4 Å². The van der Waals surface area contributed by atoms with E-state index in [1.54, 1.807) is 6.20 Å². The van der Waals surface area contributed by atoms with E-state index in [-0.39, 0.29) is 0 Å². The molecule has 1 fully saturated rings. The summed E-state index contributed by atoms with van der Waals surface area (Å²) in [4.78, 5) is 4.24. The summed E-state index contributed by atoms with van der Waals surface area (Å²) in [7, 11) is 0. The summed E-state index contributed by atoms with van der Waals surface area (Å²) in [5.74, 6) is 2.92. The Labute approximate surface area is 108 Å². The first-order valence-corrected chi connectivity index (χ1v) is 7.60. The predicted molar refractivity (Wildman–Crippen MR) is 72.3 cm³/mol. The molecule has 0 bridgehead atoms. The molecular weight excluding hydrogens is 232 g/mol. The molecule has 0 aliphatic heterocycles. The molecule has 1 aliphatic carbocycles. The lowest BCUT2D eigenvalue weighted by Crippen LogP contribution is -2.40. The van der Waals surface area contributed by atoms with Crippen LogP contribution in [0.4, 0.5) is 0 Å². The van der Waals surface area contributed by atoms with E-state index in [1.807, 2.05) is 6.92 Å². The summed E-state index contributed by atoms with van der Waals surface area (Å²) < 4.78 is 5.49. The Morgan fingerprint density at radius 1 is 1.47 bits per heavy atom. The van der Waals surface area contributed by atoms with E-state index in [9.17, 15) is 0 Å². The fourth-order valence-electron chi connectivity index (χ4n) is 2.45. The molecule has 0 spiro atoms. The smallest absolute Gasteiger partial charge is 0.208 e. The van der Waals surface area contributed by atoms with Gasteiger partial charge in [0, 0.05) is 11.3 Å². The van der Waals surface area contributed by atoms with Crippen LogP contribution in [-0.4, -0.2) is 22.0 Å².